The van der Waals surface area contributed by atoms with Crippen molar-refractivity contribution < 1.29 is 4.42 Å². The Hall–Kier alpha value is -2.70. The zero-order valence-electron chi connectivity index (χ0n) is 14.9. The van der Waals surface area contributed by atoms with Crippen LogP contribution >= 0.6 is 11.3 Å². The predicted molar refractivity (Wildman–Crippen MR) is 107 cm³/mol. The third-order valence-corrected chi connectivity index (χ3v) is 6.12. The summed E-state index contributed by atoms with van der Waals surface area (Å²) in [6.07, 6.45) is 3.76. The van der Waals surface area contributed by atoms with Gasteiger partial charge in [0, 0.05) is 17.0 Å². The number of nitrogens with zero attached hydrogens (tertiary/aromatic N) is 1. The lowest BCUT2D eigenvalue weighted by Gasteiger charge is -2.19. The summed E-state index contributed by atoms with van der Waals surface area (Å²) in [4.78, 5) is 21.2. The Labute approximate surface area is 160 Å². The molecular formula is C21H19N3O2S. The van der Waals surface area contributed by atoms with Gasteiger partial charge in [-0.05, 0) is 43.0 Å². The molecule has 5 nitrogen and oxygen atoms in total. The van der Waals surface area contributed by atoms with Crippen LogP contribution in [0.1, 0.15) is 42.4 Å². The van der Waals surface area contributed by atoms with Crippen molar-refractivity contribution in [1.29, 1.82) is 0 Å². The maximum Gasteiger partial charge on any atom is 0.260 e. The summed E-state index contributed by atoms with van der Waals surface area (Å²) in [5, 5.41) is 6.16. The molecule has 2 N–H and O–H groups in total. The van der Waals surface area contributed by atoms with E-state index < -0.39 is 0 Å². The molecule has 1 aliphatic carbocycles. The molecule has 2 atom stereocenters. The first-order valence-electron chi connectivity index (χ1n) is 9.10. The molecule has 1 aliphatic rings. The van der Waals surface area contributed by atoms with Crippen molar-refractivity contribution in [3.8, 4) is 11.3 Å². The van der Waals surface area contributed by atoms with E-state index in [0.717, 1.165) is 23.2 Å². The van der Waals surface area contributed by atoms with Gasteiger partial charge in [0.05, 0.1) is 17.7 Å². The van der Waals surface area contributed by atoms with E-state index in [1.54, 1.807) is 6.26 Å². The fourth-order valence-corrected chi connectivity index (χ4v) is 4.83. The number of benzene rings is 1. The number of rotatable bonds is 4. The third-order valence-electron chi connectivity index (χ3n) is 5.24. The van der Waals surface area contributed by atoms with Crippen LogP contribution < -0.4 is 10.9 Å². The van der Waals surface area contributed by atoms with Crippen molar-refractivity contribution in [1.82, 2.24) is 15.3 Å². The molecule has 6 heteroatoms. The fourth-order valence-electron chi connectivity index (χ4n) is 3.89. The van der Waals surface area contributed by atoms with Crippen molar-refractivity contribution in [2.75, 3.05) is 0 Å². The smallest absolute Gasteiger partial charge is 0.260 e. The third kappa shape index (κ3) is 2.81. The summed E-state index contributed by atoms with van der Waals surface area (Å²) in [6, 6.07) is 12.5. The van der Waals surface area contributed by atoms with Crippen LogP contribution in [0.2, 0.25) is 0 Å². The lowest BCUT2D eigenvalue weighted by molar-refractivity contribution is 0.450. The highest BCUT2D eigenvalue weighted by atomic mass is 32.1. The van der Waals surface area contributed by atoms with E-state index in [9.17, 15) is 4.79 Å². The summed E-state index contributed by atoms with van der Waals surface area (Å²) in [7, 11) is 0. The van der Waals surface area contributed by atoms with Crippen LogP contribution in [0.3, 0.4) is 0 Å². The molecule has 3 aromatic heterocycles. The van der Waals surface area contributed by atoms with Gasteiger partial charge in [0.1, 0.15) is 16.4 Å². The monoisotopic (exact) mass is 377 g/mol. The van der Waals surface area contributed by atoms with E-state index in [-0.39, 0.29) is 11.6 Å². The van der Waals surface area contributed by atoms with Crippen LogP contribution in [-0.4, -0.2) is 9.97 Å². The number of hydrogen-bond donors (Lipinski definition) is 2. The number of aryl methyl sites for hydroxylation is 1. The minimum absolute atomic E-state index is 0.0487. The second-order valence-electron chi connectivity index (χ2n) is 6.94. The Morgan fingerprint density at radius 1 is 1.30 bits per heavy atom. The number of furan rings is 1. The van der Waals surface area contributed by atoms with Gasteiger partial charge in [0.15, 0.2) is 0 Å². The zero-order chi connectivity index (χ0) is 18.4. The number of aromatic amines is 1. The molecule has 4 aromatic rings. The molecule has 0 radical (unpaired) electrons. The summed E-state index contributed by atoms with van der Waals surface area (Å²) in [6.45, 7) is 2.05. The molecule has 1 aromatic carbocycles. The van der Waals surface area contributed by atoms with E-state index in [2.05, 4.69) is 34.6 Å². The van der Waals surface area contributed by atoms with Crippen molar-refractivity contribution >= 4 is 21.6 Å². The number of nitrogens with one attached hydrogen (secondary N) is 2. The van der Waals surface area contributed by atoms with E-state index in [1.165, 1.54) is 22.5 Å². The summed E-state index contributed by atoms with van der Waals surface area (Å²) >= 11 is 1.47. The Morgan fingerprint density at radius 3 is 3.04 bits per heavy atom. The highest BCUT2D eigenvalue weighted by Gasteiger charge is 2.25. The highest BCUT2D eigenvalue weighted by Crippen LogP contribution is 2.34. The molecule has 136 valence electrons. The molecule has 27 heavy (non-hydrogen) atoms. The van der Waals surface area contributed by atoms with Crippen LogP contribution in [0.25, 0.3) is 21.5 Å². The lowest BCUT2D eigenvalue weighted by atomic mass is 10.1. The first-order chi connectivity index (χ1) is 13.2. The maximum absolute atomic E-state index is 12.8. The predicted octanol–water partition coefficient (Wildman–Crippen LogP) is 4.58. The van der Waals surface area contributed by atoms with Gasteiger partial charge in [0.25, 0.3) is 5.56 Å². The molecular weight excluding hydrogens is 358 g/mol. The second-order valence-corrected chi connectivity index (χ2v) is 7.79. The van der Waals surface area contributed by atoms with E-state index in [4.69, 9.17) is 9.40 Å². The van der Waals surface area contributed by atoms with Crippen molar-refractivity contribution in [2.24, 2.45) is 0 Å². The summed E-state index contributed by atoms with van der Waals surface area (Å²) in [5.41, 5.74) is 3.43. The minimum atomic E-state index is -0.122. The SMILES string of the molecule is C[C@@H](N[C@@H]1CCc2ccccc21)c1nc2scc(-c3ccco3)c2c(=O)[nH]1. The van der Waals surface area contributed by atoms with E-state index in [0.29, 0.717) is 23.0 Å². The van der Waals surface area contributed by atoms with Gasteiger partial charge in [0.2, 0.25) is 0 Å². The molecule has 0 unspecified atom stereocenters. The van der Waals surface area contributed by atoms with Crippen LogP contribution in [0.5, 0.6) is 0 Å². The standard InChI is InChI=1S/C21H19N3O2S/c1-12(22-16-9-8-13-5-2-3-6-14(13)16)19-23-20(25)18-15(11-27-21(18)24-19)17-7-4-10-26-17/h2-7,10-12,16,22H,8-9H2,1H3,(H,23,24,25)/t12-,16-/m1/s1. The largest absolute Gasteiger partial charge is 0.464 e. The van der Waals surface area contributed by atoms with Crippen LogP contribution in [0.4, 0.5) is 0 Å². The second kappa shape index (κ2) is 6.48. The molecule has 0 saturated heterocycles. The topological polar surface area (TPSA) is 70.9 Å². The highest BCUT2D eigenvalue weighted by molar-refractivity contribution is 7.17. The molecule has 5 rings (SSSR count). The normalized spacial score (nSPS) is 17.3. The number of hydrogen-bond acceptors (Lipinski definition) is 5. The van der Waals surface area contributed by atoms with Crippen LogP contribution in [0, 0.1) is 0 Å². The van der Waals surface area contributed by atoms with Crippen LogP contribution in [-0.2, 0) is 6.42 Å². The molecule has 0 saturated carbocycles. The summed E-state index contributed by atoms with van der Waals surface area (Å²) in [5.74, 6) is 1.36. The van der Waals surface area contributed by atoms with Crippen molar-refractivity contribution in [2.45, 2.75) is 31.8 Å². The Morgan fingerprint density at radius 2 is 2.19 bits per heavy atom. The van der Waals surface area contributed by atoms with Gasteiger partial charge >= 0.3 is 0 Å². The average Bonchev–Trinajstić information content (AvgIpc) is 3.41. The van der Waals surface area contributed by atoms with Gasteiger partial charge < -0.3 is 14.7 Å². The number of aromatic nitrogens is 2. The average molecular weight is 377 g/mol. The van der Waals surface area contributed by atoms with Gasteiger partial charge in [-0.3, -0.25) is 4.79 Å². The molecule has 0 aliphatic heterocycles. The fraction of sp³-hybridized carbons (Fsp3) is 0.238. The minimum Gasteiger partial charge on any atom is -0.464 e. The number of H-pyrrole nitrogens is 1. The number of thiophene rings is 1. The number of fused-ring (bicyclic) bond motifs is 2. The van der Waals surface area contributed by atoms with Crippen molar-refractivity contribution in [3.05, 3.63) is 75.3 Å². The first kappa shape index (κ1) is 16.5. The van der Waals surface area contributed by atoms with Gasteiger partial charge in [-0.25, -0.2) is 4.98 Å². The Balaban J connectivity index is 1.46. The van der Waals surface area contributed by atoms with Crippen molar-refractivity contribution in [3.63, 3.8) is 0 Å². The van der Waals surface area contributed by atoms with Gasteiger partial charge in [-0.15, -0.1) is 11.3 Å². The molecule has 3 heterocycles. The summed E-state index contributed by atoms with van der Waals surface area (Å²) < 4.78 is 5.45. The first-order valence-corrected chi connectivity index (χ1v) is 9.98. The molecule has 0 amide bonds. The quantitative estimate of drug-likeness (QED) is 0.546. The molecule has 0 fully saturated rings. The Bertz CT molecular complexity index is 1160. The van der Waals surface area contributed by atoms with Gasteiger partial charge in [-0.1, -0.05) is 24.3 Å². The van der Waals surface area contributed by atoms with E-state index >= 15 is 0 Å². The maximum atomic E-state index is 12.8. The molecule has 0 bridgehead atoms. The van der Waals surface area contributed by atoms with E-state index in [1.807, 2.05) is 24.4 Å². The lowest BCUT2D eigenvalue weighted by Crippen LogP contribution is -2.26. The van der Waals surface area contributed by atoms with Gasteiger partial charge in [-0.2, -0.15) is 0 Å². The zero-order valence-corrected chi connectivity index (χ0v) is 15.7. The van der Waals surface area contributed by atoms with Crippen LogP contribution in [0.15, 0.2) is 57.3 Å². The Kier molecular flexibility index (Phi) is 3.95. The molecule has 0 spiro atoms.